The zero-order chi connectivity index (χ0) is 14.5. The number of aromatic nitrogens is 1. The number of carbonyl (C=O) groups is 1. The van der Waals surface area contributed by atoms with Gasteiger partial charge >= 0.3 is 0 Å². The predicted molar refractivity (Wildman–Crippen MR) is 80.2 cm³/mol. The highest BCUT2D eigenvalue weighted by Gasteiger charge is 2.21. The molecular weight excluding hydrogens is 296 g/mol. The molecule has 1 amide bonds. The van der Waals surface area contributed by atoms with Crippen LogP contribution in [0.1, 0.15) is 15.4 Å². The van der Waals surface area contributed by atoms with Crippen molar-refractivity contribution >= 4 is 28.6 Å². The zero-order valence-electron chi connectivity index (χ0n) is 11.1. The Morgan fingerprint density at radius 2 is 2.05 bits per heavy atom. The van der Waals surface area contributed by atoms with Gasteiger partial charge in [-0.2, -0.15) is 11.3 Å². The number of nitrogens with zero attached hydrogens (tertiary/aromatic N) is 2. The number of thiazole rings is 1. The predicted octanol–water partition coefficient (Wildman–Crippen LogP) is 1.61. The van der Waals surface area contributed by atoms with Gasteiger partial charge < -0.3 is 15.1 Å². The first-order chi connectivity index (χ1) is 9.67. The van der Waals surface area contributed by atoms with Crippen molar-refractivity contribution in [1.82, 2.24) is 9.88 Å². The maximum atomic E-state index is 12.4. The van der Waals surface area contributed by atoms with Gasteiger partial charge in [-0.3, -0.25) is 4.79 Å². The monoisotopic (exact) mass is 312 g/mol. The highest BCUT2D eigenvalue weighted by Crippen LogP contribution is 2.30. The second-order valence-electron chi connectivity index (χ2n) is 4.18. The van der Waals surface area contributed by atoms with Crippen molar-refractivity contribution in [3.05, 3.63) is 27.4 Å². The van der Waals surface area contributed by atoms with Crippen molar-refractivity contribution in [1.29, 1.82) is 0 Å². The summed E-state index contributed by atoms with van der Waals surface area (Å²) in [4.78, 5) is 18.8. The molecule has 2 N–H and O–H groups in total. The van der Waals surface area contributed by atoms with Crippen LogP contribution in [-0.2, 0) is 0 Å². The van der Waals surface area contributed by atoms with Crippen molar-refractivity contribution in [2.45, 2.75) is 6.92 Å². The molecule has 0 aromatic carbocycles. The summed E-state index contributed by atoms with van der Waals surface area (Å²) in [6, 6.07) is 1.97. The molecule has 2 rings (SSSR count). The van der Waals surface area contributed by atoms with E-state index in [-0.39, 0.29) is 32.2 Å². The van der Waals surface area contributed by atoms with Crippen LogP contribution in [0.3, 0.4) is 0 Å². The number of aliphatic hydroxyl groups excluding tert-OH is 2. The number of thiophene rings is 1. The lowest BCUT2D eigenvalue weighted by atomic mass is 10.3. The van der Waals surface area contributed by atoms with Crippen LogP contribution in [0, 0.1) is 6.92 Å². The minimum atomic E-state index is -0.190. The molecule has 2 aromatic heterocycles. The molecule has 2 heterocycles. The minimum Gasteiger partial charge on any atom is -0.395 e. The molecule has 0 unspecified atom stereocenters. The number of rotatable bonds is 6. The van der Waals surface area contributed by atoms with E-state index in [9.17, 15) is 4.79 Å². The lowest BCUT2D eigenvalue weighted by Gasteiger charge is -2.19. The summed E-state index contributed by atoms with van der Waals surface area (Å²) in [5.74, 6) is -0.190. The fourth-order valence-electron chi connectivity index (χ4n) is 1.80. The van der Waals surface area contributed by atoms with Crippen LogP contribution in [0.25, 0.3) is 10.6 Å². The van der Waals surface area contributed by atoms with Crippen molar-refractivity contribution in [3.63, 3.8) is 0 Å². The Labute approximate surface area is 125 Å². The zero-order valence-corrected chi connectivity index (χ0v) is 12.7. The highest BCUT2D eigenvalue weighted by atomic mass is 32.1. The molecule has 0 bridgehead atoms. The Hall–Kier alpha value is -1.28. The van der Waals surface area contributed by atoms with Gasteiger partial charge in [-0.1, -0.05) is 0 Å². The Bertz CT molecular complexity index is 560. The van der Waals surface area contributed by atoms with Crippen molar-refractivity contribution in [3.8, 4) is 10.6 Å². The van der Waals surface area contributed by atoms with E-state index in [2.05, 4.69) is 4.98 Å². The standard InChI is InChI=1S/C13H16N2O3S2/c1-9-11(13(18)15(3-5-16)4-6-17)20-12(14-9)10-2-7-19-8-10/h2,7-8,16-17H,3-6H2,1H3. The first-order valence-electron chi connectivity index (χ1n) is 6.18. The Kier molecular flexibility index (Phi) is 5.24. The minimum absolute atomic E-state index is 0.124. The van der Waals surface area contributed by atoms with Crippen LogP contribution < -0.4 is 0 Å². The molecule has 5 nitrogen and oxygen atoms in total. The molecule has 0 saturated heterocycles. The summed E-state index contributed by atoms with van der Waals surface area (Å²) in [5.41, 5.74) is 1.69. The molecule has 0 atom stereocenters. The fourth-order valence-corrected chi connectivity index (χ4v) is 3.55. The van der Waals surface area contributed by atoms with Gasteiger partial charge in [-0.05, 0) is 18.4 Å². The normalized spacial score (nSPS) is 10.8. The van der Waals surface area contributed by atoms with Crippen LogP contribution in [0.5, 0.6) is 0 Å². The average molecular weight is 312 g/mol. The van der Waals surface area contributed by atoms with E-state index in [0.717, 1.165) is 10.6 Å². The van der Waals surface area contributed by atoms with E-state index in [0.29, 0.717) is 10.6 Å². The molecule has 0 aliphatic heterocycles. The topological polar surface area (TPSA) is 73.7 Å². The number of aryl methyl sites for hydroxylation is 1. The van der Waals surface area contributed by atoms with E-state index in [1.54, 1.807) is 18.3 Å². The summed E-state index contributed by atoms with van der Waals surface area (Å²) in [6.45, 7) is 1.98. The van der Waals surface area contributed by atoms with E-state index in [1.165, 1.54) is 16.2 Å². The highest BCUT2D eigenvalue weighted by molar-refractivity contribution is 7.17. The molecular formula is C13H16N2O3S2. The first kappa shape index (κ1) is 15.1. The van der Waals surface area contributed by atoms with Crippen LogP contribution in [0.2, 0.25) is 0 Å². The maximum Gasteiger partial charge on any atom is 0.266 e. The number of carbonyl (C=O) groups excluding carboxylic acids is 1. The molecule has 0 saturated carbocycles. The van der Waals surface area contributed by atoms with Gasteiger partial charge in [0.25, 0.3) is 5.91 Å². The van der Waals surface area contributed by atoms with Crippen molar-refractivity contribution in [2.75, 3.05) is 26.3 Å². The number of amides is 1. The molecule has 0 radical (unpaired) electrons. The van der Waals surface area contributed by atoms with Gasteiger partial charge in [0.15, 0.2) is 0 Å². The van der Waals surface area contributed by atoms with Crippen LogP contribution in [0.15, 0.2) is 16.8 Å². The number of hydrogen-bond donors (Lipinski definition) is 2. The number of aliphatic hydroxyl groups is 2. The van der Waals surface area contributed by atoms with Gasteiger partial charge in [0.1, 0.15) is 9.88 Å². The molecule has 0 aliphatic carbocycles. The third kappa shape index (κ3) is 3.24. The third-order valence-corrected chi connectivity index (χ3v) is 4.66. The molecule has 7 heteroatoms. The maximum absolute atomic E-state index is 12.4. The SMILES string of the molecule is Cc1nc(-c2ccsc2)sc1C(=O)N(CCO)CCO. The first-order valence-corrected chi connectivity index (χ1v) is 7.94. The summed E-state index contributed by atoms with van der Waals surface area (Å²) < 4.78 is 0. The molecule has 20 heavy (non-hydrogen) atoms. The Morgan fingerprint density at radius 1 is 1.35 bits per heavy atom. The van der Waals surface area contributed by atoms with E-state index in [4.69, 9.17) is 10.2 Å². The Balaban J connectivity index is 2.25. The largest absolute Gasteiger partial charge is 0.395 e. The molecule has 0 spiro atoms. The van der Waals surface area contributed by atoms with Gasteiger partial charge in [-0.15, -0.1) is 11.3 Å². The summed E-state index contributed by atoms with van der Waals surface area (Å²) in [7, 11) is 0. The summed E-state index contributed by atoms with van der Waals surface area (Å²) in [6.07, 6.45) is 0. The second kappa shape index (κ2) is 6.94. The van der Waals surface area contributed by atoms with Crippen LogP contribution in [0.4, 0.5) is 0 Å². The second-order valence-corrected chi connectivity index (χ2v) is 5.96. The van der Waals surface area contributed by atoms with Gasteiger partial charge in [0.05, 0.1) is 18.9 Å². The molecule has 0 fully saturated rings. The Morgan fingerprint density at radius 3 is 2.60 bits per heavy atom. The lowest BCUT2D eigenvalue weighted by molar-refractivity contribution is 0.0688. The van der Waals surface area contributed by atoms with E-state index < -0.39 is 0 Å². The van der Waals surface area contributed by atoms with Gasteiger partial charge in [-0.25, -0.2) is 4.98 Å². The fraction of sp³-hybridized carbons (Fsp3) is 0.385. The smallest absolute Gasteiger partial charge is 0.266 e. The van der Waals surface area contributed by atoms with E-state index >= 15 is 0 Å². The number of hydrogen-bond acceptors (Lipinski definition) is 6. The van der Waals surface area contributed by atoms with Gasteiger partial charge in [0, 0.05) is 24.0 Å². The van der Waals surface area contributed by atoms with Crippen LogP contribution in [-0.4, -0.2) is 52.3 Å². The van der Waals surface area contributed by atoms with Crippen molar-refractivity contribution < 1.29 is 15.0 Å². The average Bonchev–Trinajstić information content (AvgIpc) is 3.06. The molecule has 2 aromatic rings. The van der Waals surface area contributed by atoms with Crippen molar-refractivity contribution in [2.24, 2.45) is 0 Å². The summed E-state index contributed by atoms with van der Waals surface area (Å²) >= 11 is 2.93. The molecule has 108 valence electrons. The third-order valence-electron chi connectivity index (χ3n) is 2.79. The van der Waals surface area contributed by atoms with E-state index in [1.807, 2.05) is 16.8 Å². The van der Waals surface area contributed by atoms with Crippen LogP contribution >= 0.6 is 22.7 Å². The quantitative estimate of drug-likeness (QED) is 0.850. The summed E-state index contributed by atoms with van der Waals surface area (Å²) in [5, 5.41) is 22.8. The van der Waals surface area contributed by atoms with Gasteiger partial charge in [0.2, 0.25) is 0 Å². The molecule has 0 aliphatic rings. The lowest BCUT2D eigenvalue weighted by Crippen LogP contribution is -2.35.